The summed E-state index contributed by atoms with van der Waals surface area (Å²) in [6.07, 6.45) is 2.16. The SMILES string of the molecule is COc1ccc(S(N)(=O)=O)cc1C(=O)OCC(=O)N[C@@H](C)C1CC1. The highest BCUT2D eigenvalue weighted by Gasteiger charge is 2.29. The number of benzene rings is 1. The summed E-state index contributed by atoms with van der Waals surface area (Å²) in [6, 6.07) is 3.61. The van der Waals surface area contributed by atoms with Crippen LogP contribution in [-0.2, 0) is 19.6 Å². The van der Waals surface area contributed by atoms with Crippen LogP contribution in [-0.4, -0.2) is 40.1 Å². The quantitative estimate of drug-likeness (QED) is 0.682. The number of amides is 1. The highest BCUT2D eigenvalue weighted by atomic mass is 32.2. The fourth-order valence-electron chi connectivity index (χ4n) is 2.24. The van der Waals surface area contributed by atoms with Crippen molar-refractivity contribution in [2.24, 2.45) is 11.1 Å². The van der Waals surface area contributed by atoms with Gasteiger partial charge in [0, 0.05) is 6.04 Å². The molecule has 1 atom stereocenters. The molecule has 1 aromatic carbocycles. The van der Waals surface area contributed by atoms with Gasteiger partial charge in [-0.25, -0.2) is 18.4 Å². The summed E-state index contributed by atoms with van der Waals surface area (Å²) >= 11 is 0. The zero-order valence-corrected chi connectivity index (χ0v) is 14.3. The number of methoxy groups -OCH3 is 1. The second-order valence-electron chi connectivity index (χ2n) is 5.68. The van der Waals surface area contributed by atoms with E-state index in [0.717, 1.165) is 18.9 Å². The summed E-state index contributed by atoms with van der Waals surface area (Å²) in [6.45, 7) is 1.44. The van der Waals surface area contributed by atoms with Crippen molar-refractivity contribution in [1.29, 1.82) is 0 Å². The number of primary sulfonamides is 1. The molecule has 0 bridgehead atoms. The summed E-state index contributed by atoms with van der Waals surface area (Å²) in [5.41, 5.74) is -0.118. The van der Waals surface area contributed by atoms with E-state index in [1.165, 1.54) is 19.2 Å². The highest BCUT2D eigenvalue weighted by molar-refractivity contribution is 7.89. The Labute approximate surface area is 140 Å². The van der Waals surface area contributed by atoms with Gasteiger partial charge in [0.25, 0.3) is 5.91 Å². The van der Waals surface area contributed by atoms with Gasteiger partial charge in [-0.15, -0.1) is 0 Å². The lowest BCUT2D eigenvalue weighted by Gasteiger charge is -2.13. The monoisotopic (exact) mass is 356 g/mol. The molecule has 0 unspecified atom stereocenters. The maximum Gasteiger partial charge on any atom is 0.342 e. The maximum absolute atomic E-state index is 12.1. The normalized spacial score (nSPS) is 15.5. The largest absolute Gasteiger partial charge is 0.496 e. The molecule has 2 rings (SSSR count). The van der Waals surface area contributed by atoms with E-state index in [0.29, 0.717) is 5.92 Å². The lowest BCUT2D eigenvalue weighted by atomic mass is 10.2. The third-order valence-electron chi connectivity index (χ3n) is 3.77. The van der Waals surface area contributed by atoms with Crippen LogP contribution < -0.4 is 15.2 Å². The van der Waals surface area contributed by atoms with Crippen LogP contribution in [0.1, 0.15) is 30.1 Å². The number of hydrogen-bond acceptors (Lipinski definition) is 6. The standard InChI is InChI=1S/C15H20N2O6S/c1-9(10-3-4-10)17-14(18)8-23-15(19)12-7-11(24(16,20)21)5-6-13(12)22-2/h5-7,9-10H,3-4,8H2,1-2H3,(H,17,18)(H2,16,20,21)/t9-/m0/s1. The van der Waals surface area contributed by atoms with Crippen molar-refractivity contribution in [3.63, 3.8) is 0 Å². The van der Waals surface area contributed by atoms with Gasteiger partial charge in [-0.05, 0) is 43.9 Å². The van der Waals surface area contributed by atoms with Gasteiger partial charge in [-0.3, -0.25) is 4.79 Å². The molecule has 0 heterocycles. The van der Waals surface area contributed by atoms with Crippen molar-refractivity contribution in [1.82, 2.24) is 5.32 Å². The molecule has 0 spiro atoms. The second kappa shape index (κ2) is 7.18. The molecule has 1 aromatic rings. The molecule has 0 radical (unpaired) electrons. The lowest BCUT2D eigenvalue weighted by molar-refractivity contribution is -0.125. The number of rotatable bonds is 7. The highest BCUT2D eigenvalue weighted by Crippen LogP contribution is 2.32. The number of carbonyl (C=O) groups is 2. The fraction of sp³-hybridized carbons (Fsp3) is 0.467. The minimum absolute atomic E-state index is 0.0384. The van der Waals surface area contributed by atoms with Gasteiger partial charge in [-0.2, -0.15) is 0 Å². The van der Waals surface area contributed by atoms with E-state index >= 15 is 0 Å². The predicted molar refractivity (Wildman–Crippen MR) is 85.0 cm³/mol. The van der Waals surface area contributed by atoms with Crippen molar-refractivity contribution in [3.8, 4) is 5.75 Å². The van der Waals surface area contributed by atoms with Crippen molar-refractivity contribution >= 4 is 21.9 Å². The summed E-state index contributed by atoms with van der Waals surface area (Å²) in [7, 11) is -2.65. The fourth-order valence-corrected chi connectivity index (χ4v) is 2.78. The van der Waals surface area contributed by atoms with E-state index in [2.05, 4.69) is 5.32 Å². The van der Waals surface area contributed by atoms with Crippen LogP contribution in [0.25, 0.3) is 0 Å². The summed E-state index contributed by atoms with van der Waals surface area (Å²) in [5, 5.41) is 7.79. The molecule has 1 fully saturated rings. The summed E-state index contributed by atoms with van der Waals surface area (Å²) in [5.74, 6) is -0.675. The zero-order valence-electron chi connectivity index (χ0n) is 13.4. The van der Waals surface area contributed by atoms with Gasteiger partial charge in [-0.1, -0.05) is 0 Å². The number of nitrogens with one attached hydrogen (secondary N) is 1. The van der Waals surface area contributed by atoms with Gasteiger partial charge < -0.3 is 14.8 Å². The minimum atomic E-state index is -3.98. The van der Waals surface area contributed by atoms with Crippen LogP contribution in [0.4, 0.5) is 0 Å². The molecule has 132 valence electrons. The van der Waals surface area contributed by atoms with Crippen molar-refractivity contribution < 1.29 is 27.5 Å². The first-order valence-corrected chi connectivity index (χ1v) is 8.94. The van der Waals surface area contributed by atoms with E-state index in [4.69, 9.17) is 14.6 Å². The van der Waals surface area contributed by atoms with Crippen molar-refractivity contribution in [2.75, 3.05) is 13.7 Å². The number of esters is 1. The van der Waals surface area contributed by atoms with Gasteiger partial charge in [0.05, 0.1) is 12.0 Å². The Morgan fingerprint density at radius 2 is 2.04 bits per heavy atom. The summed E-state index contributed by atoms with van der Waals surface area (Å²) in [4.78, 5) is 23.6. The van der Waals surface area contributed by atoms with Crippen LogP contribution in [0.15, 0.2) is 23.1 Å². The Kier molecular flexibility index (Phi) is 5.45. The van der Waals surface area contributed by atoms with Gasteiger partial charge in [0.15, 0.2) is 6.61 Å². The van der Waals surface area contributed by atoms with Crippen LogP contribution >= 0.6 is 0 Å². The Morgan fingerprint density at radius 3 is 2.58 bits per heavy atom. The molecular formula is C15H20N2O6S. The first kappa shape index (κ1) is 18.2. The number of carbonyl (C=O) groups excluding carboxylic acids is 2. The first-order valence-electron chi connectivity index (χ1n) is 7.39. The van der Waals surface area contributed by atoms with Gasteiger partial charge in [0.1, 0.15) is 11.3 Å². The predicted octanol–water partition coefficient (Wildman–Crippen LogP) is 0.414. The van der Waals surface area contributed by atoms with Crippen LogP contribution in [0.2, 0.25) is 0 Å². The molecule has 1 aliphatic rings. The maximum atomic E-state index is 12.1. The van der Waals surface area contributed by atoms with Crippen LogP contribution in [0, 0.1) is 5.92 Å². The minimum Gasteiger partial charge on any atom is -0.496 e. The van der Waals surface area contributed by atoms with Crippen LogP contribution in [0.3, 0.4) is 0 Å². The molecule has 1 aliphatic carbocycles. The van der Waals surface area contributed by atoms with E-state index in [1.54, 1.807) is 0 Å². The number of ether oxygens (including phenoxy) is 2. The number of sulfonamides is 1. The molecule has 3 N–H and O–H groups in total. The smallest absolute Gasteiger partial charge is 0.342 e. The molecule has 0 saturated heterocycles. The van der Waals surface area contributed by atoms with Crippen LogP contribution in [0.5, 0.6) is 5.75 Å². The second-order valence-corrected chi connectivity index (χ2v) is 7.24. The van der Waals surface area contributed by atoms with E-state index in [1.807, 2.05) is 6.92 Å². The Balaban J connectivity index is 2.03. The van der Waals surface area contributed by atoms with E-state index in [-0.39, 0.29) is 22.3 Å². The molecule has 1 amide bonds. The number of hydrogen-bond donors (Lipinski definition) is 2. The van der Waals surface area contributed by atoms with Crippen molar-refractivity contribution in [2.45, 2.75) is 30.7 Å². The van der Waals surface area contributed by atoms with Crippen molar-refractivity contribution in [3.05, 3.63) is 23.8 Å². The Hall–Kier alpha value is -2.13. The first-order chi connectivity index (χ1) is 11.2. The summed E-state index contributed by atoms with van der Waals surface area (Å²) < 4.78 is 32.7. The van der Waals surface area contributed by atoms with Gasteiger partial charge in [0.2, 0.25) is 10.0 Å². The lowest BCUT2D eigenvalue weighted by Crippen LogP contribution is -2.37. The zero-order chi connectivity index (χ0) is 17.9. The number of nitrogens with two attached hydrogens (primary N) is 1. The third-order valence-corrected chi connectivity index (χ3v) is 4.68. The molecule has 9 heteroatoms. The van der Waals surface area contributed by atoms with E-state index in [9.17, 15) is 18.0 Å². The van der Waals surface area contributed by atoms with Gasteiger partial charge >= 0.3 is 5.97 Å². The molecular weight excluding hydrogens is 336 g/mol. The molecule has 24 heavy (non-hydrogen) atoms. The third kappa shape index (κ3) is 4.68. The topological polar surface area (TPSA) is 125 Å². The molecule has 8 nitrogen and oxygen atoms in total. The molecule has 0 aliphatic heterocycles. The molecule has 0 aromatic heterocycles. The Morgan fingerprint density at radius 1 is 1.38 bits per heavy atom. The molecule has 1 saturated carbocycles. The van der Waals surface area contributed by atoms with E-state index < -0.39 is 28.5 Å². The Bertz CT molecular complexity index is 742. The average Bonchev–Trinajstić information content (AvgIpc) is 3.35. The average molecular weight is 356 g/mol.